The number of nitrogens with one attached hydrogen (secondary N) is 2. The minimum atomic E-state index is -0.388. The Hall–Kier alpha value is -1.39. The lowest BCUT2D eigenvalue weighted by atomic mass is 10.4. The Morgan fingerprint density at radius 2 is 2.31 bits per heavy atom. The highest BCUT2D eigenvalue weighted by atomic mass is 19.1. The van der Waals surface area contributed by atoms with E-state index in [1.54, 1.807) is 0 Å². The second-order valence-corrected chi connectivity index (χ2v) is 4.28. The molecule has 2 rings (SSSR count). The molecule has 0 spiro atoms. The number of hydrogen-bond donors (Lipinski definition) is 2. The van der Waals surface area contributed by atoms with Crippen LogP contribution in [0.25, 0.3) is 0 Å². The molecule has 2 N–H and O–H groups in total. The van der Waals surface area contributed by atoms with Crippen LogP contribution in [0.2, 0.25) is 0 Å². The van der Waals surface area contributed by atoms with Gasteiger partial charge in [-0.3, -0.25) is 0 Å². The summed E-state index contributed by atoms with van der Waals surface area (Å²) < 4.78 is 13.4. The van der Waals surface area contributed by atoms with Crippen molar-refractivity contribution in [1.82, 2.24) is 9.97 Å². The molecule has 16 heavy (non-hydrogen) atoms. The first-order valence-electron chi connectivity index (χ1n) is 5.73. The fraction of sp³-hybridized carbons (Fsp3) is 0.636. The fourth-order valence-electron chi connectivity index (χ4n) is 1.49. The third kappa shape index (κ3) is 2.59. The summed E-state index contributed by atoms with van der Waals surface area (Å²) in [5, 5.41) is 6.12. The number of anilines is 2. The van der Waals surface area contributed by atoms with Crippen LogP contribution in [0.1, 0.15) is 26.7 Å². The zero-order valence-electron chi connectivity index (χ0n) is 9.63. The van der Waals surface area contributed by atoms with Gasteiger partial charge in [0.15, 0.2) is 11.6 Å². The number of halogens is 1. The van der Waals surface area contributed by atoms with Gasteiger partial charge in [-0.25, -0.2) is 9.37 Å². The summed E-state index contributed by atoms with van der Waals surface area (Å²) in [7, 11) is 0. The molecule has 1 fully saturated rings. The average Bonchev–Trinajstić information content (AvgIpc) is 2.95. The molecule has 2 unspecified atom stereocenters. The van der Waals surface area contributed by atoms with Gasteiger partial charge in [0.25, 0.3) is 0 Å². The number of hydrogen-bond acceptors (Lipinski definition) is 4. The van der Waals surface area contributed by atoms with E-state index in [1.807, 2.05) is 0 Å². The van der Waals surface area contributed by atoms with Gasteiger partial charge in [-0.1, -0.05) is 13.8 Å². The highest BCUT2D eigenvalue weighted by Crippen LogP contribution is 2.32. The smallest absolute Gasteiger partial charge is 0.224 e. The quantitative estimate of drug-likeness (QED) is 0.805. The molecule has 0 amide bonds. The average molecular weight is 224 g/mol. The molecule has 1 saturated carbocycles. The standard InChI is InChI=1S/C11H17FN4/c1-3-4-13-11-14-6-8(12)10(16-11)15-9-5-7(9)2/h6-7,9H,3-5H2,1-2H3,(H2,13,14,15,16). The Bertz CT molecular complexity index is 369. The molecule has 88 valence electrons. The van der Waals surface area contributed by atoms with E-state index in [1.165, 1.54) is 6.20 Å². The van der Waals surface area contributed by atoms with Crippen molar-refractivity contribution in [2.75, 3.05) is 17.2 Å². The molecule has 0 aliphatic heterocycles. The molecule has 1 aliphatic carbocycles. The fourth-order valence-corrected chi connectivity index (χ4v) is 1.49. The molecule has 5 heteroatoms. The van der Waals surface area contributed by atoms with Crippen molar-refractivity contribution < 1.29 is 4.39 Å². The first-order chi connectivity index (χ1) is 7.70. The Morgan fingerprint density at radius 3 is 2.94 bits per heavy atom. The SMILES string of the molecule is CCCNc1ncc(F)c(NC2CC2C)n1. The lowest BCUT2D eigenvalue weighted by Gasteiger charge is -2.08. The van der Waals surface area contributed by atoms with Crippen molar-refractivity contribution in [1.29, 1.82) is 0 Å². The Kier molecular flexibility index (Phi) is 3.22. The Balaban J connectivity index is 2.03. The lowest BCUT2D eigenvalue weighted by molar-refractivity contribution is 0.616. The molecule has 0 radical (unpaired) electrons. The first kappa shape index (κ1) is 11.1. The van der Waals surface area contributed by atoms with Crippen LogP contribution in [0.4, 0.5) is 16.2 Å². The number of nitrogens with zero attached hydrogens (tertiary/aromatic N) is 2. The molecule has 4 nitrogen and oxygen atoms in total. The summed E-state index contributed by atoms with van der Waals surface area (Å²) >= 11 is 0. The van der Waals surface area contributed by atoms with Crippen molar-refractivity contribution in [2.45, 2.75) is 32.7 Å². The molecule has 0 aromatic carbocycles. The van der Waals surface area contributed by atoms with Crippen LogP contribution < -0.4 is 10.6 Å². The maximum absolute atomic E-state index is 13.4. The van der Waals surface area contributed by atoms with Gasteiger partial charge in [-0.2, -0.15) is 4.98 Å². The van der Waals surface area contributed by atoms with Gasteiger partial charge in [0.2, 0.25) is 5.95 Å². The molecular formula is C11H17FN4. The minimum Gasteiger partial charge on any atom is -0.364 e. The maximum Gasteiger partial charge on any atom is 0.224 e. The molecule has 0 saturated heterocycles. The normalized spacial score (nSPS) is 22.9. The van der Waals surface area contributed by atoms with E-state index in [2.05, 4.69) is 34.4 Å². The molecule has 1 heterocycles. The highest BCUT2D eigenvalue weighted by molar-refractivity contribution is 5.43. The topological polar surface area (TPSA) is 49.8 Å². The van der Waals surface area contributed by atoms with Gasteiger partial charge in [0.05, 0.1) is 6.20 Å². The summed E-state index contributed by atoms with van der Waals surface area (Å²) in [6, 6.07) is 0.364. The predicted molar refractivity (Wildman–Crippen MR) is 62.0 cm³/mol. The van der Waals surface area contributed by atoms with Gasteiger partial charge in [0, 0.05) is 12.6 Å². The highest BCUT2D eigenvalue weighted by Gasteiger charge is 2.33. The van der Waals surface area contributed by atoms with E-state index < -0.39 is 0 Å². The Labute approximate surface area is 94.7 Å². The number of rotatable bonds is 5. The van der Waals surface area contributed by atoms with Gasteiger partial charge in [0.1, 0.15) is 0 Å². The van der Waals surface area contributed by atoms with E-state index in [0.717, 1.165) is 19.4 Å². The molecule has 1 aromatic heterocycles. The molecule has 1 aromatic rings. The van der Waals surface area contributed by atoms with Crippen molar-refractivity contribution in [2.24, 2.45) is 5.92 Å². The molecule has 0 bridgehead atoms. The van der Waals surface area contributed by atoms with E-state index in [9.17, 15) is 4.39 Å². The van der Waals surface area contributed by atoms with E-state index in [0.29, 0.717) is 23.7 Å². The third-order valence-electron chi connectivity index (χ3n) is 2.71. The van der Waals surface area contributed by atoms with Crippen molar-refractivity contribution in [3.05, 3.63) is 12.0 Å². The van der Waals surface area contributed by atoms with Gasteiger partial charge in [-0.15, -0.1) is 0 Å². The van der Waals surface area contributed by atoms with Crippen LogP contribution in [0.5, 0.6) is 0 Å². The molecular weight excluding hydrogens is 207 g/mol. The summed E-state index contributed by atoms with van der Waals surface area (Å²) in [6.45, 7) is 4.99. The van der Waals surface area contributed by atoms with Crippen molar-refractivity contribution >= 4 is 11.8 Å². The molecule has 2 atom stereocenters. The summed E-state index contributed by atoms with van der Waals surface area (Å²) in [5.41, 5.74) is 0. The van der Waals surface area contributed by atoms with Crippen LogP contribution in [0, 0.1) is 11.7 Å². The van der Waals surface area contributed by atoms with Gasteiger partial charge >= 0.3 is 0 Å². The predicted octanol–water partition coefficient (Wildman–Crippen LogP) is 2.26. The lowest BCUT2D eigenvalue weighted by Crippen LogP contribution is -2.11. The second-order valence-electron chi connectivity index (χ2n) is 4.28. The van der Waals surface area contributed by atoms with Crippen LogP contribution in [0.15, 0.2) is 6.20 Å². The van der Waals surface area contributed by atoms with Crippen LogP contribution >= 0.6 is 0 Å². The minimum absolute atomic E-state index is 0.308. The van der Waals surface area contributed by atoms with Crippen LogP contribution in [-0.2, 0) is 0 Å². The maximum atomic E-state index is 13.4. The first-order valence-corrected chi connectivity index (χ1v) is 5.73. The van der Waals surface area contributed by atoms with Crippen molar-refractivity contribution in [3.63, 3.8) is 0 Å². The molecule has 1 aliphatic rings. The summed E-state index contributed by atoms with van der Waals surface area (Å²) in [4.78, 5) is 8.00. The third-order valence-corrected chi connectivity index (χ3v) is 2.71. The Morgan fingerprint density at radius 1 is 1.56 bits per heavy atom. The zero-order chi connectivity index (χ0) is 11.5. The van der Waals surface area contributed by atoms with E-state index in [4.69, 9.17) is 0 Å². The van der Waals surface area contributed by atoms with E-state index in [-0.39, 0.29) is 5.82 Å². The summed E-state index contributed by atoms with van der Waals surface area (Å²) in [5.74, 6) is 1.02. The zero-order valence-corrected chi connectivity index (χ0v) is 9.63. The van der Waals surface area contributed by atoms with Crippen LogP contribution in [-0.4, -0.2) is 22.6 Å². The van der Waals surface area contributed by atoms with E-state index >= 15 is 0 Å². The second kappa shape index (κ2) is 4.63. The van der Waals surface area contributed by atoms with Gasteiger partial charge < -0.3 is 10.6 Å². The monoisotopic (exact) mass is 224 g/mol. The summed E-state index contributed by atoms with van der Waals surface area (Å²) in [6.07, 6.45) is 3.28. The number of aromatic nitrogens is 2. The largest absolute Gasteiger partial charge is 0.364 e. The van der Waals surface area contributed by atoms with Crippen molar-refractivity contribution in [3.8, 4) is 0 Å². The van der Waals surface area contributed by atoms with Crippen LogP contribution in [0.3, 0.4) is 0 Å². The van der Waals surface area contributed by atoms with Gasteiger partial charge in [-0.05, 0) is 18.8 Å².